The zero-order valence-corrected chi connectivity index (χ0v) is 8.38. The van der Waals surface area contributed by atoms with Crippen LogP contribution >= 0.6 is 0 Å². The Bertz CT molecular complexity index is 157. The van der Waals surface area contributed by atoms with Crippen LogP contribution < -0.4 is 10.6 Å². The molecule has 13 heavy (non-hydrogen) atoms. The molecular formula is C10H20N2O. The Hall–Kier alpha value is -0.120. The lowest BCUT2D eigenvalue weighted by atomic mass is 10.0. The van der Waals surface area contributed by atoms with Crippen LogP contribution in [0.15, 0.2) is 0 Å². The van der Waals surface area contributed by atoms with Crippen LogP contribution in [0.2, 0.25) is 0 Å². The smallest absolute Gasteiger partial charge is 0.0561 e. The lowest BCUT2D eigenvalue weighted by Crippen LogP contribution is -2.44. The molecule has 3 unspecified atom stereocenters. The highest BCUT2D eigenvalue weighted by atomic mass is 16.5. The molecule has 0 bridgehead atoms. The van der Waals surface area contributed by atoms with Gasteiger partial charge in [-0.1, -0.05) is 0 Å². The Morgan fingerprint density at radius 1 is 1.31 bits per heavy atom. The topological polar surface area (TPSA) is 33.3 Å². The van der Waals surface area contributed by atoms with E-state index in [-0.39, 0.29) is 0 Å². The normalized spacial score (nSPS) is 40.8. The minimum Gasteiger partial charge on any atom is -0.378 e. The van der Waals surface area contributed by atoms with Crippen LogP contribution in [0.25, 0.3) is 0 Å². The van der Waals surface area contributed by atoms with Crippen LogP contribution in [0.3, 0.4) is 0 Å². The molecule has 0 aromatic rings. The van der Waals surface area contributed by atoms with Gasteiger partial charge in [0.05, 0.1) is 6.10 Å². The van der Waals surface area contributed by atoms with Crippen LogP contribution in [0, 0.1) is 0 Å². The molecule has 2 aliphatic heterocycles. The zero-order chi connectivity index (χ0) is 9.10. The van der Waals surface area contributed by atoms with Gasteiger partial charge in [-0.15, -0.1) is 0 Å². The fourth-order valence-corrected chi connectivity index (χ4v) is 2.28. The van der Waals surface area contributed by atoms with Crippen molar-refractivity contribution in [3.8, 4) is 0 Å². The highest BCUT2D eigenvalue weighted by Crippen LogP contribution is 2.14. The molecule has 76 valence electrons. The molecule has 2 heterocycles. The lowest BCUT2D eigenvalue weighted by molar-refractivity contribution is 0.0117. The summed E-state index contributed by atoms with van der Waals surface area (Å²) in [6.07, 6.45) is 4.09. The standard InChI is InChI=1S/C10H20N2O/c1-8-6-9(3-5-13-8)12-10-2-4-11-7-10/h8-12H,2-7H2,1H3. The summed E-state index contributed by atoms with van der Waals surface area (Å²) in [6, 6.07) is 1.39. The maximum atomic E-state index is 5.52. The second-order valence-corrected chi connectivity index (χ2v) is 4.26. The van der Waals surface area contributed by atoms with Crippen LogP contribution in [-0.4, -0.2) is 37.9 Å². The molecule has 3 heteroatoms. The highest BCUT2D eigenvalue weighted by molar-refractivity contribution is 4.83. The Morgan fingerprint density at radius 2 is 2.23 bits per heavy atom. The minimum absolute atomic E-state index is 0.445. The third kappa shape index (κ3) is 2.66. The quantitative estimate of drug-likeness (QED) is 0.656. The first kappa shape index (κ1) is 9.44. The van der Waals surface area contributed by atoms with Gasteiger partial charge in [-0.05, 0) is 32.7 Å². The number of nitrogens with one attached hydrogen (secondary N) is 2. The number of rotatable bonds is 2. The summed E-state index contributed by atoms with van der Waals surface area (Å²) in [7, 11) is 0. The molecule has 2 N–H and O–H groups in total. The first-order valence-electron chi connectivity index (χ1n) is 5.43. The summed E-state index contributed by atoms with van der Waals surface area (Å²) in [5.41, 5.74) is 0. The van der Waals surface area contributed by atoms with Crippen LogP contribution in [0.1, 0.15) is 26.2 Å². The monoisotopic (exact) mass is 184 g/mol. The average molecular weight is 184 g/mol. The Labute approximate surface area is 80.2 Å². The van der Waals surface area contributed by atoms with Crippen molar-refractivity contribution in [2.45, 2.75) is 44.4 Å². The van der Waals surface area contributed by atoms with Crippen LogP contribution in [0.5, 0.6) is 0 Å². The number of ether oxygens (including phenoxy) is 1. The Morgan fingerprint density at radius 3 is 2.92 bits per heavy atom. The second kappa shape index (κ2) is 4.40. The van der Waals surface area contributed by atoms with Gasteiger partial charge in [-0.2, -0.15) is 0 Å². The summed E-state index contributed by atoms with van der Waals surface area (Å²) in [6.45, 7) is 5.42. The van der Waals surface area contributed by atoms with Crippen molar-refractivity contribution in [3.05, 3.63) is 0 Å². The molecule has 3 atom stereocenters. The van der Waals surface area contributed by atoms with Crippen molar-refractivity contribution in [2.24, 2.45) is 0 Å². The number of hydrogen-bond acceptors (Lipinski definition) is 3. The van der Waals surface area contributed by atoms with Crippen LogP contribution in [0.4, 0.5) is 0 Å². The third-order valence-corrected chi connectivity index (χ3v) is 3.02. The molecule has 0 spiro atoms. The van der Waals surface area contributed by atoms with E-state index in [4.69, 9.17) is 4.74 Å². The SMILES string of the molecule is CC1CC(NC2CCNC2)CCO1. The van der Waals surface area contributed by atoms with Gasteiger partial charge in [0.1, 0.15) is 0 Å². The zero-order valence-electron chi connectivity index (χ0n) is 8.38. The molecule has 0 saturated carbocycles. The molecule has 2 aliphatic rings. The number of hydrogen-bond donors (Lipinski definition) is 2. The first-order chi connectivity index (χ1) is 6.34. The largest absolute Gasteiger partial charge is 0.378 e. The van der Waals surface area contributed by atoms with E-state index in [1.165, 1.54) is 25.8 Å². The van der Waals surface area contributed by atoms with Crippen molar-refractivity contribution in [2.75, 3.05) is 19.7 Å². The van der Waals surface area contributed by atoms with Crippen LogP contribution in [-0.2, 0) is 4.74 Å². The van der Waals surface area contributed by atoms with Gasteiger partial charge in [0, 0.05) is 25.2 Å². The van der Waals surface area contributed by atoms with E-state index in [1.807, 2.05) is 0 Å². The van der Waals surface area contributed by atoms with E-state index < -0.39 is 0 Å². The Balaban J connectivity index is 1.73. The van der Waals surface area contributed by atoms with Gasteiger partial charge in [0.15, 0.2) is 0 Å². The fourth-order valence-electron chi connectivity index (χ4n) is 2.28. The van der Waals surface area contributed by atoms with E-state index in [1.54, 1.807) is 0 Å². The fraction of sp³-hybridized carbons (Fsp3) is 1.00. The van der Waals surface area contributed by atoms with Gasteiger partial charge < -0.3 is 15.4 Å². The van der Waals surface area contributed by atoms with Gasteiger partial charge in [0.2, 0.25) is 0 Å². The van der Waals surface area contributed by atoms with Crippen molar-refractivity contribution >= 4 is 0 Å². The second-order valence-electron chi connectivity index (χ2n) is 4.26. The average Bonchev–Trinajstić information content (AvgIpc) is 2.57. The van der Waals surface area contributed by atoms with Gasteiger partial charge in [0.25, 0.3) is 0 Å². The third-order valence-electron chi connectivity index (χ3n) is 3.02. The molecule has 0 aliphatic carbocycles. The summed E-state index contributed by atoms with van der Waals surface area (Å²) in [5, 5.41) is 7.09. The predicted octanol–water partition coefficient (Wildman–Crippen LogP) is 0.505. The van der Waals surface area contributed by atoms with E-state index in [0.29, 0.717) is 18.2 Å². The molecule has 0 radical (unpaired) electrons. The van der Waals surface area contributed by atoms with E-state index >= 15 is 0 Å². The van der Waals surface area contributed by atoms with E-state index in [0.717, 1.165) is 13.2 Å². The molecular weight excluding hydrogens is 164 g/mol. The molecule has 0 aromatic heterocycles. The lowest BCUT2D eigenvalue weighted by Gasteiger charge is -2.30. The van der Waals surface area contributed by atoms with Crippen molar-refractivity contribution in [1.82, 2.24) is 10.6 Å². The van der Waals surface area contributed by atoms with Crippen molar-refractivity contribution < 1.29 is 4.74 Å². The van der Waals surface area contributed by atoms with Gasteiger partial charge in [-0.25, -0.2) is 0 Å². The van der Waals surface area contributed by atoms with Crippen molar-refractivity contribution in [3.63, 3.8) is 0 Å². The molecule has 2 saturated heterocycles. The maximum absolute atomic E-state index is 5.52. The summed E-state index contributed by atoms with van der Waals surface area (Å²) < 4.78 is 5.52. The summed E-state index contributed by atoms with van der Waals surface area (Å²) in [5.74, 6) is 0. The van der Waals surface area contributed by atoms with Gasteiger partial charge >= 0.3 is 0 Å². The predicted molar refractivity (Wildman–Crippen MR) is 52.8 cm³/mol. The summed E-state index contributed by atoms with van der Waals surface area (Å²) >= 11 is 0. The highest BCUT2D eigenvalue weighted by Gasteiger charge is 2.23. The Kier molecular flexibility index (Phi) is 3.19. The minimum atomic E-state index is 0.445. The first-order valence-corrected chi connectivity index (χ1v) is 5.43. The van der Waals surface area contributed by atoms with Gasteiger partial charge in [-0.3, -0.25) is 0 Å². The summed E-state index contributed by atoms with van der Waals surface area (Å²) in [4.78, 5) is 0. The molecule has 2 rings (SSSR count). The molecule has 0 amide bonds. The molecule has 2 fully saturated rings. The molecule has 0 aromatic carbocycles. The van der Waals surface area contributed by atoms with Crippen molar-refractivity contribution in [1.29, 1.82) is 0 Å². The molecule has 3 nitrogen and oxygen atoms in total. The maximum Gasteiger partial charge on any atom is 0.0561 e. The van der Waals surface area contributed by atoms with E-state index in [2.05, 4.69) is 17.6 Å². The van der Waals surface area contributed by atoms with E-state index in [9.17, 15) is 0 Å².